The minimum atomic E-state index is -1.43. The van der Waals surface area contributed by atoms with Gasteiger partial charge in [-0.15, -0.1) is 0 Å². The van der Waals surface area contributed by atoms with Crippen molar-refractivity contribution < 1.29 is 48.6 Å². The number of ketones is 1. The van der Waals surface area contributed by atoms with Crippen molar-refractivity contribution in [3.8, 4) is 11.5 Å². The van der Waals surface area contributed by atoms with E-state index in [4.69, 9.17) is 11.5 Å². The highest BCUT2D eigenvalue weighted by molar-refractivity contribution is 6.38. The molecule has 2 aliphatic heterocycles. The van der Waals surface area contributed by atoms with Crippen molar-refractivity contribution in [1.82, 2.24) is 36.8 Å². The highest BCUT2D eigenvalue weighted by Gasteiger charge is 2.40. The van der Waals surface area contributed by atoms with Crippen molar-refractivity contribution >= 4 is 53.1 Å². The summed E-state index contributed by atoms with van der Waals surface area (Å²) in [5, 5.41) is 35.8. The van der Waals surface area contributed by atoms with Crippen LogP contribution in [-0.4, -0.2) is 124 Å². The zero-order chi connectivity index (χ0) is 45.4. The maximum atomic E-state index is 14.2. The van der Waals surface area contributed by atoms with E-state index >= 15 is 0 Å². The summed E-state index contributed by atoms with van der Waals surface area (Å²) in [6, 6.07) is -3.25. The SMILES string of the molecule is CC[C@H](C)CC(=O)N[C@@H](C)C(=O)N[C@@H]1CNC(=O)/C=C/[C@@H](Cc2ccc(O)c(O)c2)NC(=O)[C@H]([C@@H](C)CC)NC(=O)C(=O)[C@H](CCCN=C(N)N)NC(=O)[C@@H]2CCCN2C1=O. The summed E-state index contributed by atoms with van der Waals surface area (Å²) < 4.78 is 0. The van der Waals surface area contributed by atoms with Gasteiger partial charge in [-0.2, -0.15) is 0 Å². The van der Waals surface area contributed by atoms with E-state index in [2.05, 4.69) is 36.9 Å². The summed E-state index contributed by atoms with van der Waals surface area (Å²) in [7, 11) is 0. The summed E-state index contributed by atoms with van der Waals surface area (Å²) >= 11 is 0. The van der Waals surface area contributed by atoms with Crippen molar-refractivity contribution in [3.63, 3.8) is 0 Å². The Bertz CT molecular complexity index is 1830. The van der Waals surface area contributed by atoms with E-state index in [1.807, 2.05) is 13.8 Å². The fourth-order valence-electron chi connectivity index (χ4n) is 6.79. The third-order valence-corrected chi connectivity index (χ3v) is 10.8. The molecule has 1 saturated heterocycles. The van der Waals surface area contributed by atoms with E-state index in [9.17, 15) is 48.6 Å². The number of benzene rings is 1. The van der Waals surface area contributed by atoms with Crippen LogP contribution in [0, 0.1) is 11.8 Å². The highest BCUT2D eigenvalue weighted by atomic mass is 16.3. The molecule has 0 unspecified atom stereocenters. The normalized spacial score (nSPS) is 23.9. The molecule has 7 amide bonds. The van der Waals surface area contributed by atoms with Gasteiger partial charge < -0.3 is 58.5 Å². The molecule has 1 aromatic rings. The predicted octanol–water partition coefficient (Wildman–Crippen LogP) is -1.13. The Labute approximate surface area is 355 Å². The Morgan fingerprint density at radius 1 is 0.967 bits per heavy atom. The summed E-state index contributed by atoms with van der Waals surface area (Å²) in [6.45, 7) is 8.44. The molecular weight excluding hydrogens is 793 g/mol. The van der Waals surface area contributed by atoms with Crippen molar-refractivity contribution in [1.29, 1.82) is 0 Å². The Morgan fingerprint density at radius 2 is 1.69 bits per heavy atom. The molecular formula is C41H62N10O10. The Morgan fingerprint density at radius 3 is 2.34 bits per heavy atom. The van der Waals surface area contributed by atoms with Crippen LogP contribution in [0.4, 0.5) is 0 Å². The topological polar surface area (TPSA) is 317 Å². The lowest BCUT2D eigenvalue weighted by molar-refractivity contribution is -0.144. The van der Waals surface area contributed by atoms with Gasteiger partial charge in [-0.1, -0.05) is 52.7 Å². The largest absolute Gasteiger partial charge is 0.504 e. The van der Waals surface area contributed by atoms with Crippen LogP contribution in [0.15, 0.2) is 35.3 Å². The number of aromatic hydroxyl groups is 2. The fourth-order valence-corrected chi connectivity index (χ4v) is 6.79. The molecule has 2 aliphatic rings. The van der Waals surface area contributed by atoms with Crippen molar-refractivity contribution in [3.05, 3.63) is 35.9 Å². The third kappa shape index (κ3) is 15.1. The van der Waals surface area contributed by atoms with Crippen LogP contribution < -0.4 is 43.4 Å². The first kappa shape index (κ1) is 49.2. The molecule has 0 aromatic heterocycles. The summed E-state index contributed by atoms with van der Waals surface area (Å²) in [6.07, 6.45) is 4.37. The molecule has 20 heteroatoms. The number of nitrogens with zero attached hydrogens (tertiary/aromatic N) is 2. The number of hydrogen-bond acceptors (Lipinski definition) is 11. The minimum absolute atomic E-state index is 0.0124. The fraction of sp³-hybridized carbons (Fsp3) is 0.585. The zero-order valence-electron chi connectivity index (χ0n) is 35.5. The Kier molecular flexibility index (Phi) is 19.0. The maximum Gasteiger partial charge on any atom is 0.290 e. The molecule has 0 spiro atoms. The third-order valence-electron chi connectivity index (χ3n) is 10.8. The molecule has 336 valence electrons. The van der Waals surface area contributed by atoms with Crippen LogP contribution >= 0.6 is 0 Å². The zero-order valence-corrected chi connectivity index (χ0v) is 35.5. The van der Waals surface area contributed by atoms with Crippen LogP contribution in [0.1, 0.15) is 85.1 Å². The predicted molar refractivity (Wildman–Crippen MR) is 224 cm³/mol. The number of carbonyl (C=O) groups excluding carboxylic acids is 8. The van der Waals surface area contributed by atoms with Gasteiger partial charge in [-0.3, -0.25) is 43.3 Å². The number of fused-ring (bicyclic) bond motifs is 1. The molecule has 2 heterocycles. The first-order valence-corrected chi connectivity index (χ1v) is 20.7. The standard InChI is InChI=1S/C41H62N10O10/c1-6-22(3)18-33(55)46-24(5)36(57)49-28-21-45-32(54)15-13-26(19-25-12-14-30(52)31(53)20-25)47-38(59)34(23(4)7-2)50-39(60)35(56)27(10-8-16-44-41(42)43)48-37(58)29-11-9-17-51(29)40(28)61/h12-15,20,22-24,26-29,34,52-53H,6-11,16-19,21H2,1-5H3,(H,45,54)(H,46,55)(H,47,59)(H,48,58)(H,49,57)(H,50,60)(H4,42,43,44)/b15-13+/t22-,23-,24-,26-,27-,28+,29-,34-/m0/s1. The Balaban J connectivity index is 2.06. The second-order valence-electron chi connectivity index (χ2n) is 15.7. The molecule has 20 nitrogen and oxygen atoms in total. The van der Waals surface area contributed by atoms with Gasteiger partial charge in [0, 0.05) is 32.1 Å². The number of carbonyl (C=O) groups is 8. The lowest BCUT2D eigenvalue weighted by atomic mass is 9.96. The summed E-state index contributed by atoms with van der Waals surface area (Å²) in [4.78, 5) is 114. The lowest BCUT2D eigenvalue weighted by Crippen LogP contribution is -2.60. The molecule has 1 aromatic carbocycles. The van der Waals surface area contributed by atoms with E-state index < -0.39 is 95.7 Å². The Hall–Kier alpha value is -6.21. The van der Waals surface area contributed by atoms with E-state index in [0.717, 1.165) is 12.5 Å². The minimum Gasteiger partial charge on any atom is -0.504 e. The number of hydrogen-bond donors (Lipinski definition) is 10. The quantitative estimate of drug-likeness (QED) is 0.0350. The average Bonchev–Trinajstić information content (AvgIpc) is 3.71. The smallest absolute Gasteiger partial charge is 0.290 e. The van der Waals surface area contributed by atoms with Crippen LogP contribution in [-0.2, 0) is 44.8 Å². The van der Waals surface area contributed by atoms with Crippen LogP contribution in [0.5, 0.6) is 11.5 Å². The van der Waals surface area contributed by atoms with Crippen molar-refractivity contribution in [2.75, 3.05) is 19.6 Å². The van der Waals surface area contributed by atoms with Gasteiger partial charge in [0.25, 0.3) is 5.91 Å². The number of aliphatic imine (C=N–C) groups is 1. The maximum absolute atomic E-state index is 14.2. The average molecular weight is 855 g/mol. The van der Waals surface area contributed by atoms with Crippen molar-refractivity contribution in [2.45, 2.75) is 122 Å². The summed E-state index contributed by atoms with van der Waals surface area (Å²) in [5.74, 6) is -7.68. The van der Waals surface area contributed by atoms with E-state index in [-0.39, 0.29) is 68.7 Å². The van der Waals surface area contributed by atoms with Crippen LogP contribution in [0.3, 0.4) is 0 Å². The van der Waals surface area contributed by atoms with Gasteiger partial charge >= 0.3 is 0 Å². The first-order chi connectivity index (χ1) is 28.8. The van der Waals surface area contributed by atoms with E-state index in [1.54, 1.807) is 13.8 Å². The number of phenols is 2. The highest BCUT2D eigenvalue weighted by Crippen LogP contribution is 2.26. The van der Waals surface area contributed by atoms with Crippen LogP contribution in [0.2, 0.25) is 0 Å². The number of amides is 7. The van der Waals surface area contributed by atoms with Gasteiger partial charge in [0.1, 0.15) is 24.2 Å². The number of nitrogens with two attached hydrogens (primary N) is 2. The number of phenolic OH excluding ortho intramolecular Hbond substituents is 2. The second kappa shape index (κ2) is 23.5. The monoisotopic (exact) mass is 854 g/mol. The second-order valence-corrected chi connectivity index (χ2v) is 15.7. The lowest BCUT2D eigenvalue weighted by Gasteiger charge is -2.30. The molecule has 3 rings (SSSR count). The number of rotatable bonds is 14. The number of nitrogens with one attached hydrogen (secondary N) is 6. The number of Topliss-reactive ketones (excluding diaryl/α,β-unsaturated/α-hetero) is 1. The molecule has 0 bridgehead atoms. The van der Waals surface area contributed by atoms with Gasteiger partial charge in [0.2, 0.25) is 41.2 Å². The molecule has 0 aliphatic carbocycles. The number of guanidine groups is 1. The molecule has 0 radical (unpaired) electrons. The van der Waals surface area contributed by atoms with Gasteiger partial charge in [-0.05, 0) is 68.6 Å². The van der Waals surface area contributed by atoms with Gasteiger partial charge in [0.05, 0.1) is 12.1 Å². The molecule has 61 heavy (non-hydrogen) atoms. The molecule has 0 saturated carbocycles. The van der Waals surface area contributed by atoms with Gasteiger partial charge in [-0.25, -0.2) is 0 Å². The molecule has 8 atom stereocenters. The molecule has 1 fully saturated rings. The van der Waals surface area contributed by atoms with Gasteiger partial charge in [0.15, 0.2) is 17.5 Å². The summed E-state index contributed by atoms with van der Waals surface area (Å²) in [5.41, 5.74) is 11.4. The van der Waals surface area contributed by atoms with E-state index in [0.29, 0.717) is 18.4 Å². The van der Waals surface area contributed by atoms with Crippen molar-refractivity contribution in [2.24, 2.45) is 28.3 Å². The first-order valence-electron chi connectivity index (χ1n) is 20.7. The van der Waals surface area contributed by atoms with Crippen LogP contribution in [0.25, 0.3) is 0 Å². The van der Waals surface area contributed by atoms with E-state index in [1.165, 1.54) is 36.1 Å². The molecule has 12 N–H and O–H groups in total.